The lowest BCUT2D eigenvalue weighted by molar-refractivity contribution is 0.102. The molecule has 1 aliphatic heterocycles. The second-order valence-electron chi connectivity index (χ2n) is 7.34. The zero-order valence-corrected chi connectivity index (χ0v) is 16.7. The summed E-state index contributed by atoms with van der Waals surface area (Å²) in [6.07, 6.45) is 3.24. The first kappa shape index (κ1) is 19.3. The molecule has 1 N–H and O–H groups in total. The van der Waals surface area contributed by atoms with Crippen LogP contribution < -0.4 is 10.2 Å². The normalized spacial score (nSPS) is 15.2. The average Bonchev–Trinajstić information content (AvgIpc) is 2.69. The van der Waals surface area contributed by atoms with Crippen molar-refractivity contribution in [1.29, 1.82) is 0 Å². The molecule has 0 spiro atoms. The Labute approximate surface area is 161 Å². The van der Waals surface area contributed by atoms with Crippen molar-refractivity contribution in [1.82, 2.24) is 14.9 Å². The molecule has 6 nitrogen and oxygen atoms in total. The van der Waals surface area contributed by atoms with Crippen LogP contribution in [-0.2, 0) is 0 Å². The summed E-state index contributed by atoms with van der Waals surface area (Å²) in [7, 11) is 0. The Hall–Kier alpha value is -2.47. The number of aromatic nitrogens is 2. The SMILES string of the molecule is CCN1CCN(c2ncc(C(=O)Nc3c(C)cccc3C(C)C)cn2)CC1. The topological polar surface area (TPSA) is 61.4 Å². The summed E-state index contributed by atoms with van der Waals surface area (Å²) in [5, 5.41) is 3.05. The Kier molecular flexibility index (Phi) is 6.06. The van der Waals surface area contributed by atoms with Crippen LogP contribution >= 0.6 is 0 Å². The van der Waals surface area contributed by atoms with E-state index in [1.54, 1.807) is 12.4 Å². The van der Waals surface area contributed by atoms with Crippen LogP contribution in [0.4, 0.5) is 11.6 Å². The summed E-state index contributed by atoms with van der Waals surface area (Å²) in [5.74, 6) is 0.857. The van der Waals surface area contributed by atoms with E-state index in [-0.39, 0.29) is 5.91 Å². The molecule has 6 heteroatoms. The van der Waals surface area contributed by atoms with Crippen molar-refractivity contribution in [2.75, 3.05) is 42.9 Å². The number of aryl methyl sites for hydroxylation is 1. The number of benzene rings is 1. The lowest BCUT2D eigenvalue weighted by Crippen LogP contribution is -2.46. The summed E-state index contributed by atoms with van der Waals surface area (Å²) in [5.41, 5.74) is 3.55. The van der Waals surface area contributed by atoms with E-state index < -0.39 is 0 Å². The fourth-order valence-electron chi connectivity index (χ4n) is 3.39. The Morgan fingerprint density at radius 1 is 1.15 bits per heavy atom. The van der Waals surface area contributed by atoms with Gasteiger partial charge >= 0.3 is 0 Å². The lowest BCUT2D eigenvalue weighted by Gasteiger charge is -2.33. The van der Waals surface area contributed by atoms with Crippen molar-refractivity contribution >= 4 is 17.5 Å². The van der Waals surface area contributed by atoms with E-state index in [2.05, 4.69) is 51.9 Å². The minimum atomic E-state index is -0.173. The van der Waals surface area contributed by atoms with Gasteiger partial charge in [0.25, 0.3) is 5.91 Å². The first-order chi connectivity index (χ1) is 13.0. The summed E-state index contributed by atoms with van der Waals surface area (Å²) in [6.45, 7) is 13.4. The van der Waals surface area contributed by atoms with Gasteiger partial charge in [-0.25, -0.2) is 9.97 Å². The van der Waals surface area contributed by atoms with E-state index in [1.165, 1.54) is 0 Å². The van der Waals surface area contributed by atoms with Crippen LogP contribution in [0, 0.1) is 6.92 Å². The monoisotopic (exact) mass is 367 g/mol. The average molecular weight is 367 g/mol. The number of nitrogens with zero attached hydrogens (tertiary/aromatic N) is 4. The minimum Gasteiger partial charge on any atom is -0.338 e. The highest BCUT2D eigenvalue weighted by atomic mass is 16.1. The van der Waals surface area contributed by atoms with E-state index >= 15 is 0 Å². The summed E-state index contributed by atoms with van der Waals surface area (Å²) in [6, 6.07) is 6.09. The number of hydrogen-bond donors (Lipinski definition) is 1. The highest BCUT2D eigenvalue weighted by Gasteiger charge is 2.19. The number of hydrogen-bond acceptors (Lipinski definition) is 5. The molecular formula is C21H29N5O. The van der Waals surface area contributed by atoms with Crippen molar-refractivity contribution < 1.29 is 4.79 Å². The third kappa shape index (κ3) is 4.45. The van der Waals surface area contributed by atoms with Gasteiger partial charge in [0.15, 0.2) is 0 Å². The van der Waals surface area contributed by atoms with Crippen LogP contribution in [0.1, 0.15) is 48.2 Å². The molecule has 0 bridgehead atoms. The number of para-hydroxylation sites is 1. The summed E-state index contributed by atoms with van der Waals surface area (Å²) in [4.78, 5) is 26.1. The van der Waals surface area contributed by atoms with E-state index in [4.69, 9.17) is 0 Å². The van der Waals surface area contributed by atoms with Crippen molar-refractivity contribution in [3.8, 4) is 0 Å². The number of amides is 1. The largest absolute Gasteiger partial charge is 0.338 e. The van der Waals surface area contributed by atoms with E-state index in [9.17, 15) is 4.79 Å². The molecule has 2 aromatic rings. The molecule has 2 heterocycles. The highest BCUT2D eigenvalue weighted by Crippen LogP contribution is 2.27. The molecule has 1 fully saturated rings. The molecule has 1 aliphatic rings. The zero-order valence-electron chi connectivity index (χ0n) is 16.7. The van der Waals surface area contributed by atoms with Gasteiger partial charge in [0.2, 0.25) is 5.95 Å². The van der Waals surface area contributed by atoms with Gasteiger partial charge in [0.1, 0.15) is 0 Å². The molecule has 1 saturated heterocycles. The second-order valence-corrected chi connectivity index (χ2v) is 7.34. The molecule has 0 radical (unpaired) electrons. The Morgan fingerprint density at radius 3 is 2.41 bits per heavy atom. The highest BCUT2D eigenvalue weighted by molar-refractivity contribution is 6.04. The molecule has 0 aliphatic carbocycles. The molecule has 3 rings (SSSR count). The number of anilines is 2. The van der Waals surface area contributed by atoms with E-state index in [0.29, 0.717) is 17.4 Å². The Bertz CT molecular complexity index is 780. The van der Waals surface area contributed by atoms with Crippen molar-refractivity contribution in [2.24, 2.45) is 0 Å². The minimum absolute atomic E-state index is 0.173. The molecule has 0 atom stereocenters. The molecule has 0 unspecified atom stereocenters. The second kappa shape index (κ2) is 8.48. The molecule has 27 heavy (non-hydrogen) atoms. The van der Waals surface area contributed by atoms with Crippen LogP contribution in [0.2, 0.25) is 0 Å². The smallest absolute Gasteiger partial charge is 0.258 e. The maximum absolute atomic E-state index is 12.7. The van der Waals surface area contributed by atoms with Gasteiger partial charge in [-0.2, -0.15) is 0 Å². The van der Waals surface area contributed by atoms with Gasteiger partial charge in [-0.15, -0.1) is 0 Å². The maximum atomic E-state index is 12.7. The predicted octanol–water partition coefficient (Wildman–Crippen LogP) is 3.30. The fraction of sp³-hybridized carbons (Fsp3) is 0.476. The van der Waals surface area contributed by atoms with Crippen LogP contribution in [0.5, 0.6) is 0 Å². The number of carbonyl (C=O) groups is 1. The Morgan fingerprint density at radius 2 is 1.81 bits per heavy atom. The Balaban J connectivity index is 1.70. The van der Waals surface area contributed by atoms with Crippen molar-refractivity contribution in [3.05, 3.63) is 47.3 Å². The third-order valence-electron chi connectivity index (χ3n) is 5.17. The van der Waals surface area contributed by atoms with Gasteiger partial charge < -0.3 is 15.1 Å². The quantitative estimate of drug-likeness (QED) is 0.879. The number of carbonyl (C=O) groups excluding carboxylic acids is 1. The van der Waals surface area contributed by atoms with Gasteiger partial charge in [-0.05, 0) is 30.5 Å². The third-order valence-corrected chi connectivity index (χ3v) is 5.17. The summed E-state index contributed by atoms with van der Waals surface area (Å²) >= 11 is 0. The van der Waals surface area contributed by atoms with Crippen LogP contribution in [0.15, 0.2) is 30.6 Å². The zero-order chi connectivity index (χ0) is 19.4. The van der Waals surface area contributed by atoms with Gasteiger partial charge in [0.05, 0.1) is 5.56 Å². The lowest BCUT2D eigenvalue weighted by atomic mass is 9.98. The standard InChI is InChI=1S/C21H29N5O/c1-5-25-9-11-26(12-10-25)21-22-13-17(14-23-21)20(27)24-19-16(4)7-6-8-18(19)15(2)3/h6-8,13-15H,5,9-12H2,1-4H3,(H,24,27). The van der Waals surface area contributed by atoms with Crippen LogP contribution in [-0.4, -0.2) is 53.5 Å². The molecule has 144 valence electrons. The van der Waals surface area contributed by atoms with Crippen molar-refractivity contribution in [3.63, 3.8) is 0 Å². The molecular weight excluding hydrogens is 338 g/mol. The van der Waals surface area contributed by atoms with Crippen molar-refractivity contribution in [2.45, 2.75) is 33.6 Å². The predicted molar refractivity (Wildman–Crippen MR) is 110 cm³/mol. The fourth-order valence-corrected chi connectivity index (χ4v) is 3.39. The first-order valence-electron chi connectivity index (χ1n) is 9.69. The molecule has 1 aromatic heterocycles. The first-order valence-corrected chi connectivity index (χ1v) is 9.69. The number of piperazine rings is 1. The van der Waals surface area contributed by atoms with E-state index in [0.717, 1.165) is 49.5 Å². The molecule has 1 aromatic carbocycles. The number of likely N-dealkylation sites (N-methyl/N-ethyl adjacent to an activating group) is 1. The van der Waals surface area contributed by atoms with Gasteiger partial charge in [-0.1, -0.05) is 39.0 Å². The molecule has 1 amide bonds. The van der Waals surface area contributed by atoms with Crippen LogP contribution in [0.25, 0.3) is 0 Å². The van der Waals surface area contributed by atoms with Crippen LogP contribution in [0.3, 0.4) is 0 Å². The maximum Gasteiger partial charge on any atom is 0.258 e. The summed E-state index contributed by atoms with van der Waals surface area (Å²) < 4.78 is 0. The van der Waals surface area contributed by atoms with Gasteiger partial charge in [-0.3, -0.25) is 4.79 Å². The molecule has 0 saturated carbocycles. The van der Waals surface area contributed by atoms with E-state index in [1.807, 2.05) is 19.1 Å². The number of rotatable bonds is 5. The van der Waals surface area contributed by atoms with Gasteiger partial charge in [0, 0.05) is 44.3 Å². The number of nitrogens with one attached hydrogen (secondary N) is 1.